The number of benzene rings is 2. The van der Waals surface area contributed by atoms with E-state index in [0.29, 0.717) is 27.6 Å². The third-order valence-electron chi connectivity index (χ3n) is 5.07. The number of ketones is 1. The highest BCUT2D eigenvalue weighted by atomic mass is 32.1. The number of methoxy groups -OCH3 is 1. The van der Waals surface area contributed by atoms with E-state index in [-0.39, 0.29) is 22.6 Å². The highest BCUT2D eigenvalue weighted by Crippen LogP contribution is 2.43. The topological polar surface area (TPSA) is 102 Å². The molecule has 1 atom stereocenters. The number of Topliss-reactive ketones (excluding diaryl/α,β-unsaturated/α-hetero) is 1. The quantitative estimate of drug-likeness (QED) is 0.329. The van der Waals surface area contributed by atoms with Crippen molar-refractivity contribution in [3.63, 3.8) is 0 Å². The SMILES string of the molecule is COc1cccc([C@@H]2/C(=C(\O)c3ccc(OC(C)C)cc3)C(=O)C(=O)N2c2nnc(C)s2)c1. The zero-order valence-electron chi connectivity index (χ0n) is 18.6. The van der Waals surface area contributed by atoms with Crippen molar-refractivity contribution in [2.45, 2.75) is 32.9 Å². The van der Waals surface area contributed by atoms with E-state index in [1.165, 1.54) is 23.3 Å². The molecular formula is C24H23N3O5S. The average Bonchev–Trinajstić information content (AvgIpc) is 3.34. The molecule has 8 nitrogen and oxygen atoms in total. The summed E-state index contributed by atoms with van der Waals surface area (Å²) in [5.74, 6) is -0.658. The highest BCUT2D eigenvalue weighted by Gasteiger charge is 2.48. The minimum absolute atomic E-state index is 0.00167. The smallest absolute Gasteiger partial charge is 0.301 e. The third kappa shape index (κ3) is 4.31. The number of hydrogen-bond donors (Lipinski definition) is 1. The lowest BCUT2D eigenvalue weighted by atomic mass is 9.95. The molecule has 4 rings (SSSR count). The summed E-state index contributed by atoms with van der Waals surface area (Å²) in [5, 5.41) is 20.2. The Morgan fingerprint density at radius 3 is 2.42 bits per heavy atom. The van der Waals surface area contributed by atoms with E-state index in [1.54, 1.807) is 55.5 Å². The van der Waals surface area contributed by atoms with Gasteiger partial charge in [0.15, 0.2) is 0 Å². The van der Waals surface area contributed by atoms with Crippen LogP contribution >= 0.6 is 11.3 Å². The summed E-state index contributed by atoms with van der Waals surface area (Å²) in [4.78, 5) is 27.5. The van der Waals surface area contributed by atoms with Crippen molar-refractivity contribution in [1.29, 1.82) is 0 Å². The third-order valence-corrected chi connectivity index (χ3v) is 5.91. The summed E-state index contributed by atoms with van der Waals surface area (Å²) < 4.78 is 11.0. The lowest BCUT2D eigenvalue weighted by Gasteiger charge is -2.23. The van der Waals surface area contributed by atoms with E-state index in [9.17, 15) is 14.7 Å². The van der Waals surface area contributed by atoms with Crippen LogP contribution in [0.1, 0.15) is 36.0 Å². The molecule has 2 aromatic carbocycles. The van der Waals surface area contributed by atoms with Crippen LogP contribution in [0.5, 0.6) is 11.5 Å². The first-order valence-corrected chi connectivity index (χ1v) is 11.1. The van der Waals surface area contributed by atoms with Crippen molar-refractivity contribution in [2.75, 3.05) is 12.0 Å². The van der Waals surface area contributed by atoms with E-state index >= 15 is 0 Å². The zero-order valence-corrected chi connectivity index (χ0v) is 19.4. The number of nitrogens with zero attached hydrogens (tertiary/aromatic N) is 3. The Balaban J connectivity index is 1.87. The summed E-state index contributed by atoms with van der Waals surface area (Å²) in [6, 6.07) is 12.8. The molecule has 0 saturated carbocycles. The first-order valence-electron chi connectivity index (χ1n) is 10.3. The molecule has 0 bridgehead atoms. The molecule has 1 aliphatic rings. The van der Waals surface area contributed by atoms with E-state index in [1.807, 2.05) is 13.8 Å². The van der Waals surface area contributed by atoms with Crippen LogP contribution in [-0.4, -0.2) is 40.2 Å². The normalized spacial score (nSPS) is 17.6. The Morgan fingerprint density at radius 1 is 1.09 bits per heavy atom. The van der Waals surface area contributed by atoms with E-state index < -0.39 is 17.7 Å². The van der Waals surface area contributed by atoms with Gasteiger partial charge in [-0.15, -0.1) is 10.2 Å². The number of aryl methyl sites for hydroxylation is 1. The van der Waals surface area contributed by atoms with Crippen molar-refractivity contribution < 1.29 is 24.2 Å². The van der Waals surface area contributed by atoms with Crippen LogP contribution in [0.2, 0.25) is 0 Å². The van der Waals surface area contributed by atoms with Crippen LogP contribution < -0.4 is 14.4 Å². The van der Waals surface area contributed by atoms with Crippen molar-refractivity contribution in [3.8, 4) is 11.5 Å². The van der Waals surface area contributed by atoms with Gasteiger partial charge in [-0.1, -0.05) is 23.5 Å². The Bertz CT molecular complexity index is 1230. The number of aromatic nitrogens is 2. The Labute approximate surface area is 195 Å². The van der Waals surface area contributed by atoms with Crippen LogP contribution in [0.3, 0.4) is 0 Å². The summed E-state index contributed by atoms with van der Waals surface area (Å²) in [6.45, 7) is 5.59. The van der Waals surface area contributed by atoms with E-state index in [0.717, 1.165) is 0 Å². The molecule has 1 N–H and O–H groups in total. The number of aliphatic hydroxyl groups excluding tert-OH is 1. The molecule has 3 aromatic rings. The van der Waals surface area contributed by atoms with Gasteiger partial charge >= 0.3 is 5.91 Å². The number of anilines is 1. The average molecular weight is 466 g/mol. The predicted octanol–water partition coefficient (Wildman–Crippen LogP) is 4.27. The van der Waals surface area contributed by atoms with Crippen molar-refractivity contribution in [2.24, 2.45) is 0 Å². The minimum atomic E-state index is -0.890. The number of hydrogen-bond acceptors (Lipinski definition) is 8. The molecule has 9 heteroatoms. The van der Waals surface area contributed by atoms with Gasteiger partial charge in [0, 0.05) is 5.56 Å². The largest absolute Gasteiger partial charge is 0.507 e. The molecule has 170 valence electrons. The van der Waals surface area contributed by atoms with Gasteiger partial charge in [-0.3, -0.25) is 14.5 Å². The van der Waals surface area contributed by atoms with Gasteiger partial charge in [0.25, 0.3) is 5.78 Å². The Morgan fingerprint density at radius 2 is 1.82 bits per heavy atom. The monoisotopic (exact) mass is 465 g/mol. The molecule has 1 saturated heterocycles. The van der Waals surface area contributed by atoms with Crippen LogP contribution in [0.15, 0.2) is 54.1 Å². The molecule has 0 radical (unpaired) electrons. The molecule has 0 unspecified atom stereocenters. The lowest BCUT2D eigenvalue weighted by Crippen LogP contribution is -2.29. The molecule has 1 aromatic heterocycles. The van der Waals surface area contributed by atoms with Gasteiger partial charge in [0.2, 0.25) is 5.13 Å². The maximum Gasteiger partial charge on any atom is 0.301 e. The second-order valence-electron chi connectivity index (χ2n) is 7.74. The van der Waals surface area contributed by atoms with Gasteiger partial charge in [-0.05, 0) is 62.7 Å². The van der Waals surface area contributed by atoms with Crippen LogP contribution in [0.4, 0.5) is 5.13 Å². The van der Waals surface area contributed by atoms with Gasteiger partial charge in [0.05, 0.1) is 24.8 Å². The molecule has 33 heavy (non-hydrogen) atoms. The molecule has 0 spiro atoms. The van der Waals surface area contributed by atoms with Crippen LogP contribution in [0, 0.1) is 6.92 Å². The second kappa shape index (κ2) is 9.03. The maximum absolute atomic E-state index is 13.2. The van der Waals surface area contributed by atoms with Crippen molar-refractivity contribution in [1.82, 2.24) is 10.2 Å². The predicted molar refractivity (Wildman–Crippen MR) is 125 cm³/mol. The highest BCUT2D eigenvalue weighted by molar-refractivity contribution is 7.15. The summed E-state index contributed by atoms with van der Waals surface area (Å²) >= 11 is 1.19. The number of carbonyl (C=O) groups is 2. The Hall–Kier alpha value is -3.72. The van der Waals surface area contributed by atoms with E-state index in [2.05, 4.69) is 10.2 Å². The molecule has 2 heterocycles. The number of carbonyl (C=O) groups excluding carboxylic acids is 2. The van der Waals surface area contributed by atoms with Gasteiger partial charge in [-0.25, -0.2) is 0 Å². The number of aliphatic hydroxyl groups is 1. The zero-order chi connectivity index (χ0) is 23.7. The fourth-order valence-electron chi connectivity index (χ4n) is 3.66. The summed E-state index contributed by atoms with van der Waals surface area (Å²) in [6.07, 6.45) is -0.00167. The number of amides is 1. The first-order chi connectivity index (χ1) is 15.8. The lowest BCUT2D eigenvalue weighted by molar-refractivity contribution is -0.132. The Kier molecular flexibility index (Phi) is 6.15. The second-order valence-corrected chi connectivity index (χ2v) is 8.90. The standard InChI is InChI=1S/C24H23N3O5S/c1-13(2)32-17-10-8-15(9-11-17)21(28)19-20(16-6-5-7-18(12-16)31-4)27(23(30)22(19)29)24-26-25-14(3)33-24/h5-13,20,28H,1-4H3/b21-19+/t20-/m1/s1. The molecule has 1 fully saturated rings. The van der Waals surface area contributed by atoms with Crippen molar-refractivity contribution in [3.05, 3.63) is 70.2 Å². The van der Waals surface area contributed by atoms with Gasteiger partial charge in [-0.2, -0.15) is 0 Å². The molecule has 0 aliphatic carbocycles. The fourth-order valence-corrected chi connectivity index (χ4v) is 4.37. The fraction of sp³-hybridized carbons (Fsp3) is 0.250. The summed E-state index contributed by atoms with van der Waals surface area (Å²) in [5.41, 5.74) is 0.965. The summed E-state index contributed by atoms with van der Waals surface area (Å²) in [7, 11) is 1.53. The molecule has 1 aliphatic heterocycles. The molecular weight excluding hydrogens is 442 g/mol. The van der Waals surface area contributed by atoms with Crippen molar-refractivity contribution >= 4 is 33.9 Å². The first kappa shape index (κ1) is 22.5. The van der Waals surface area contributed by atoms with Crippen LogP contribution in [0.25, 0.3) is 5.76 Å². The molecule has 1 amide bonds. The maximum atomic E-state index is 13.2. The van der Waals surface area contributed by atoms with Gasteiger partial charge in [0.1, 0.15) is 22.3 Å². The minimum Gasteiger partial charge on any atom is -0.507 e. The number of ether oxygens (including phenoxy) is 2. The van der Waals surface area contributed by atoms with Crippen LogP contribution in [-0.2, 0) is 9.59 Å². The van der Waals surface area contributed by atoms with E-state index in [4.69, 9.17) is 9.47 Å². The van der Waals surface area contributed by atoms with Gasteiger partial charge < -0.3 is 14.6 Å². The number of rotatable bonds is 6.